The maximum atomic E-state index is 13.3. The molecule has 2 amide bonds. The number of hydrogen-bond acceptors (Lipinski definition) is 7. The fourth-order valence-corrected chi connectivity index (χ4v) is 5.28. The Balaban J connectivity index is 1.56. The molecule has 2 aromatic heterocycles. The first-order chi connectivity index (χ1) is 16.8. The lowest BCUT2D eigenvalue weighted by Gasteiger charge is -2.28. The number of ether oxygens (including phenoxy) is 2. The van der Waals surface area contributed by atoms with Gasteiger partial charge >= 0.3 is 0 Å². The fraction of sp³-hybridized carbons (Fsp3) is 0.440. The summed E-state index contributed by atoms with van der Waals surface area (Å²) in [5.41, 5.74) is 1.47. The molecule has 3 heterocycles. The highest BCUT2D eigenvalue weighted by Gasteiger charge is 2.24. The number of likely N-dealkylation sites (tertiary alicyclic amines) is 1. The highest BCUT2D eigenvalue weighted by atomic mass is 32.1. The van der Waals surface area contributed by atoms with E-state index in [-0.39, 0.29) is 30.3 Å². The number of carbonyl (C=O) groups excluding carboxylic acids is 2. The monoisotopic (exact) mass is 498 g/mol. The Morgan fingerprint density at radius 1 is 1.09 bits per heavy atom. The van der Waals surface area contributed by atoms with Gasteiger partial charge in [0.1, 0.15) is 4.83 Å². The van der Waals surface area contributed by atoms with Crippen molar-refractivity contribution in [2.75, 3.05) is 32.6 Å². The van der Waals surface area contributed by atoms with Gasteiger partial charge in [0.05, 0.1) is 37.2 Å². The van der Waals surface area contributed by atoms with Gasteiger partial charge in [-0.25, -0.2) is 4.98 Å². The van der Waals surface area contributed by atoms with Gasteiger partial charge in [0.2, 0.25) is 5.91 Å². The molecule has 3 aromatic rings. The second kappa shape index (κ2) is 10.5. The second-order valence-electron chi connectivity index (χ2n) is 8.61. The van der Waals surface area contributed by atoms with Gasteiger partial charge in [-0.3, -0.25) is 19.0 Å². The highest BCUT2D eigenvalue weighted by Crippen LogP contribution is 2.34. The number of nitrogens with zero attached hydrogens (tertiary/aromatic N) is 3. The summed E-state index contributed by atoms with van der Waals surface area (Å²) >= 11 is 1.49. The molecule has 0 atom stereocenters. The number of hydrogen-bond donors (Lipinski definition) is 1. The van der Waals surface area contributed by atoms with E-state index in [2.05, 4.69) is 10.3 Å². The van der Waals surface area contributed by atoms with Crippen LogP contribution in [0.25, 0.3) is 10.2 Å². The molecule has 9 nitrogen and oxygen atoms in total. The minimum Gasteiger partial charge on any atom is -0.493 e. The summed E-state index contributed by atoms with van der Waals surface area (Å²) in [7, 11) is 3.00. The number of carbonyl (C=O) groups is 2. The lowest BCUT2D eigenvalue weighted by molar-refractivity contribution is -0.116. The number of anilines is 1. The number of nitrogens with one attached hydrogen (secondary N) is 1. The normalized spacial score (nSPS) is 13.7. The minimum absolute atomic E-state index is 0.0426. The third kappa shape index (κ3) is 5.02. The average Bonchev–Trinajstić information content (AvgIpc) is 3.17. The lowest BCUT2D eigenvalue weighted by Crippen LogP contribution is -2.36. The minimum atomic E-state index is -0.324. The topological polar surface area (TPSA) is 103 Å². The van der Waals surface area contributed by atoms with Crippen molar-refractivity contribution in [3.8, 4) is 11.5 Å². The average molecular weight is 499 g/mol. The van der Waals surface area contributed by atoms with Gasteiger partial charge in [0, 0.05) is 37.0 Å². The standard InChI is InChI=1S/C25H30N4O5S/c1-15-16(2)35-23-22(15)25(32)29(14-26-23)11-8-21(30)27-18-13-20(34-4)19(33-3)12-17(18)24(31)28-9-6-5-7-10-28/h12-14H,5-11H2,1-4H3,(H,27,30). The quantitative estimate of drug-likeness (QED) is 0.532. The number of fused-ring (bicyclic) bond motifs is 1. The highest BCUT2D eigenvalue weighted by molar-refractivity contribution is 7.18. The van der Waals surface area contributed by atoms with Gasteiger partial charge < -0.3 is 19.7 Å². The Morgan fingerprint density at radius 2 is 1.77 bits per heavy atom. The van der Waals surface area contributed by atoms with Crippen molar-refractivity contribution in [1.82, 2.24) is 14.5 Å². The Morgan fingerprint density at radius 3 is 2.46 bits per heavy atom. The molecule has 0 aliphatic carbocycles. The van der Waals surface area contributed by atoms with Crippen LogP contribution in [0.5, 0.6) is 11.5 Å². The molecule has 1 saturated heterocycles. The first-order valence-electron chi connectivity index (χ1n) is 11.6. The number of rotatable bonds is 7. The molecule has 0 bridgehead atoms. The lowest BCUT2D eigenvalue weighted by atomic mass is 10.1. The molecule has 35 heavy (non-hydrogen) atoms. The molecule has 0 saturated carbocycles. The molecular weight excluding hydrogens is 468 g/mol. The second-order valence-corrected chi connectivity index (χ2v) is 9.81. The molecule has 1 N–H and O–H groups in total. The summed E-state index contributed by atoms with van der Waals surface area (Å²) < 4.78 is 12.2. The van der Waals surface area contributed by atoms with Crippen molar-refractivity contribution >= 4 is 39.1 Å². The van der Waals surface area contributed by atoms with E-state index < -0.39 is 0 Å². The molecule has 0 unspecified atom stereocenters. The van der Waals surface area contributed by atoms with E-state index in [1.165, 1.54) is 36.5 Å². The number of aromatic nitrogens is 2. The van der Waals surface area contributed by atoms with Gasteiger partial charge in [-0.15, -0.1) is 11.3 Å². The predicted octanol–water partition coefficient (Wildman–Crippen LogP) is 3.75. The van der Waals surface area contributed by atoms with E-state index in [0.29, 0.717) is 46.1 Å². The summed E-state index contributed by atoms with van der Waals surface area (Å²) in [4.78, 5) is 47.0. The molecule has 1 aliphatic heterocycles. The van der Waals surface area contributed by atoms with E-state index in [1.807, 2.05) is 13.8 Å². The molecule has 1 aromatic carbocycles. The van der Waals surface area contributed by atoms with Crippen molar-refractivity contribution in [3.63, 3.8) is 0 Å². The first kappa shape index (κ1) is 24.7. The number of thiophene rings is 1. The smallest absolute Gasteiger partial charge is 0.262 e. The summed E-state index contributed by atoms with van der Waals surface area (Å²) in [6.07, 6.45) is 4.54. The molecule has 10 heteroatoms. The molecule has 1 fully saturated rings. The maximum Gasteiger partial charge on any atom is 0.262 e. The van der Waals surface area contributed by atoms with Crippen LogP contribution in [0, 0.1) is 13.8 Å². The van der Waals surface area contributed by atoms with E-state index >= 15 is 0 Å². The zero-order valence-electron chi connectivity index (χ0n) is 20.5. The number of aryl methyl sites for hydroxylation is 3. The number of methoxy groups -OCH3 is 2. The SMILES string of the molecule is COc1cc(NC(=O)CCn2cnc3sc(C)c(C)c3c2=O)c(C(=O)N2CCCCC2)cc1OC. The van der Waals surface area contributed by atoms with E-state index in [0.717, 1.165) is 29.7 Å². The van der Waals surface area contributed by atoms with Crippen molar-refractivity contribution in [1.29, 1.82) is 0 Å². The number of amides is 2. The number of benzene rings is 1. The third-order valence-corrected chi connectivity index (χ3v) is 7.52. The Labute approximate surface area is 207 Å². The van der Waals surface area contributed by atoms with Gasteiger partial charge in [-0.05, 0) is 44.7 Å². The zero-order valence-corrected chi connectivity index (χ0v) is 21.3. The summed E-state index contributed by atoms with van der Waals surface area (Å²) in [6, 6.07) is 3.21. The molecule has 1 aliphatic rings. The van der Waals surface area contributed by atoms with Gasteiger partial charge in [-0.2, -0.15) is 0 Å². The Kier molecular flexibility index (Phi) is 7.39. The summed E-state index contributed by atoms with van der Waals surface area (Å²) in [5, 5.41) is 3.44. The van der Waals surface area contributed by atoms with Crippen molar-refractivity contribution in [2.24, 2.45) is 0 Å². The van der Waals surface area contributed by atoms with Gasteiger partial charge in [-0.1, -0.05) is 0 Å². The van der Waals surface area contributed by atoms with Crippen LogP contribution in [0.4, 0.5) is 5.69 Å². The van der Waals surface area contributed by atoms with Crippen LogP contribution >= 0.6 is 11.3 Å². The van der Waals surface area contributed by atoms with Crippen LogP contribution in [-0.4, -0.2) is 53.6 Å². The van der Waals surface area contributed by atoms with E-state index in [4.69, 9.17) is 9.47 Å². The Bertz CT molecular complexity index is 1320. The first-order valence-corrected chi connectivity index (χ1v) is 12.5. The fourth-order valence-electron chi connectivity index (χ4n) is 4.29. The summed E-state index contributed by atoms with van der Waals surface area (Å²) in [6.45, 7) is 5.41. The summed E-state index contributed by atoms with van der Waals surface area (Å²) in [5.74, 6) is 0.343. The molecular formula is C25H30N4O5S. The van der Waals surface area contributed by atoms with Crippen molar-refractivity contribution in [3.05, 3.63) is 44.8 Å². The Hall–Kier alpha value is -3.40. The molecule has 0 spiro atoms. The van der Waals surface area contributed by atoms with Crippen molar-refractivity contribution in [2.45, 2.75) is 46.1 Å². The van der Waals surface area contributed by atoms with Crippen molar-refractivity contribution < 1.29 is 19.1 Å². The zero-order chi connectivity index (χ0) is 25.1. The van der Waals surface area contributed by atoms with Gasteiger partial charge in [0.25, 0.3) is 11.5 Å². The molecule has 0 radical (unpaired) electrons. The van der Waals surface area contributed by atoms with Crippen LogP contribution in [0.15, 0.2) is 23.3 Å². The number of piperidine rings is 1. The van der Waals surface area contributed by atoms with Crippen LogP contribution in [0.3, 0.4) is 0 Å². The van der Waals surface area contributed by atoms with E-state index in [9.17, 15) is 14.4 Å². The maximum absolute atomic E-state index is 13.3. The predicted molar refractivity (Wildman–Crippen MR) is 136 cm³/mol. The van der Waals surface area contributed by atoms with Crippen LogP contribution < -0.4 is 20.3 Å². The van der Waals surface area contributed by atoms with Crippen LogP contribution in [-0.2, 0) is 11.3 Å². The largest absolute Gasteiger partial charge is 0.493 e. The van der Waals surface area contributed by atoms with Crippen LogP contribution in [0.1, 0.15) is 46.5 Å². The molecule has 4 rings (SSSR count). The van der Waals surface area contributed by atoms with Gasteiger partial charge in [0.15, 0.2) is 11.5 Å². The van der Waals surface area contributed by atoms with Crippen LogP contribution in [0.2, 0.25) is 0 Å². The third-order valence-electron chi connectivity index (χ3n) is 6.41. The molecule has 186 valence electrons. The van der Waals surface area contributed by atoms with E-state index in [1.54, 1.807) is 17.0 Å².